The Morgan fingerprint density at radius 1 is 1.62 bits per heavy atom. The Hall–Kier alpha value is -2.39. The second kappa shape index (κ2) is 4.91. The number of phenols is 1. The van der Waals surface area contributed by atoms with Gasteiger partial charge in [-0.3, -0.25) is 10.1 Å². The summed E-state index contributed by atoms with van der Waals surface area (Å²) in [7, 11) is 0. The van der Waals surface area contributed by atoms with Gasteiger partial charge in [0.15, 0.2) is 0 Å². The van der Waals surface area contributed by atoms with E-state index in [0.717, 1.165) is 6.07 Å². The summed E-state index contributed by atoms with van der Waals surface area (Å²) in [5.74, 6) is -0.464. The Bertz CT molecular complexity index is 489. The average molecular weight is 219 g/mol. The molecule has 0 saturated carbocycles. The minimum Gasteiger partial charge on any atom is -0.502 e. The third-order valence-electron chi connectivity index (χ3n) is 1.88. The zero-order valence-electron chi connectivity index (χ0n) is 8.25. The molecule has 6 nitrogen and oxygen atoms in total. The number of nitrogens with two attached hydrogens (primary N) is 1. The van der Waals surface area contributed by atoms with Gasteiger partial charge in [0, 0.05) is 18.2 Å². The quantitative estimate of drug-likeness (QED) is 0.584. The molecule has 0 aliphatic carbocycles. The largest absolute Gasteiger partial charge is 0.502 e. The highest BCUT2D eigenvalue weighted by Gasteiger charge is 2.17. The molecule has 1 rings (SSSR count). The van der Waals surface area contributed by atoms with Gasteiger partial charge in [-0.15, -0.1) is 0 Å². The van der Waals surface area contributed by atoms with Crippen molar-refractivity contribution in [1.29, 1.82) is 5.26 Å². The second-order valence-electron chi connectivity index (χ2n) is 2.94. The molecule has 0 amide bonds. The highest BCUT2D eigenvalue weighted by atomic mass is 16.6. The topological polar surface area (TPSA) is 113 Å². The molecule has 0 atom stereocenters. The Morgan fingerprint density at radius 2 is 2.31 bits per heavy atom. The van der Waals surface area contributed by atoms with E-state index in [2.05, 4.69) is 0 Å². The van der Waals surface area contributed by atoms with Crippen LogP contribution in [0.5, 0.6) is 5.75 Å². The van der Waals surface area contributed by atoms with E-state index in [0.29, 0.717) is 0 Å². The van der Waals surface area contributed by atoms with Gasteiger partial charge in [-0.05, 0) is 6.07 Å². The number of benzene rings is 1. The molecule has 0 aliphatic rings. The Balaban J connectivity index is 3.38. The molecule has 3 N–H and O–H groups in total. The monoisotopic (exact) mass is 219 g/mol. The van der Waals surface area contributed by atoms with Crippen LogP contribution in [0.1, 0.15) is 11.1 Å². The van der Waals surface area contributed by atoms with Gasteiger partial charge in [0.2, 0.25) is 5.75 Å². The number of aromatic hydroxyl groups is 1. The van der Waals surface area contributed by atoms with E-state index in [1.807, 2.05) is 0 Å². The van der Waals surface area contributed by atoms with Crippen molar-refractivity contribution in [3.8, 4) is 11.8 Å². The molecule has 0 fully saturated rings. The SMILES string of the molecule is N#Cc1cc(C=CCN)c(O)c([N+](=O)[O-])c1. The number of nitro benzene ring substituents is 1. The summed E-state index contributed by atoms with van der Waals surface area (Å²) >= 11 is 0. The number of hydrogen-bond acceptors (Lipinski definition) is 5. The van der Waals surface area contributed by atoms with Gasteiger partial charge >= 0.3 is 5.69 Å². The van der Waals surface area contributed by atoms with Crippen molar-refractivity contribution in [3.63, 3.8) is 0 Å². The number of nitriles is 1. The molecule has 0 spiro atoms. The van der Waals surface area contributed by atoms with Crippen molar-refractivity contribution in [1.82, 2.24) is 0 Å². The average Bonchev–Trinajstić information content (AvgIpc) is 2.27. The smallest absolute Gasteiger partial charge is 0.312 e. The number of hydrogen-bond donors (Lipinski definition) is 2. The van der Waals surface area contributed by atoms with Gasteiger partial charge in [0.05, 0.1) is 16.6 Å². The molecular formula is C10H9N3O3. The first kappa shape index (κ1) is 11.7. The number of nitrogens with zero attached hydrogens (tertiary/aromatic N) is 2. The van der Waals surface area contributed by atoms with Crippen LogP contribution in [0.15, 0.2) is 18.2 Å². The van der Waals surface area contributed by atoms with Crippen molar-refractivity contribution in [2.75, 3.05) is 6.54 Å². The fourth-order valence-corrected chi connectivity index (χ4v) is 1.17. The van der Waals surface area contributed by atoms with Gasteiger partial charge in [-0.1, -0.05) is 12.2 Å². The molecule has 1 aromatic rings. The lowest BCUT2D eigenvalue weighted by molar-refractivity contribution is -0.385. The Labute approximate surface area is 91.4 Å². The van der Waals surface area contributed by atoms with Crippen LogP contribution < -0.4 is 5.73 Å². The highest BCUT2D eigenvalue weighted by Crippen LogP contribution is 2.31. The normalized spacial score (nSPS) is 10.2. The van der Waals surface area contributed by atoms with Crippen LogP contribution in [0.2, 0.25) is 0 Å². The maximum atomic E-state index is 10.6. The van der Waals surface area contributed by atoms with Crippen LogP contribution in [0.3, 0.4) is 0 Å². The lowest BCUT2D eigenvalue weighted by Crippen LogP contribution is -1.94. The summed E-state index contributed by atoms with van der Waals surface area (Å²) < 4.78 is 0. The van der Waals surface area contributed by atoms with Gasteiger partial charge in [-0.2, -0.15) is 5.26 Å². The van der Waals surface area contributed by atoms with E-state index in [9.17, 15) is 15.2 Å². The summed E-state index contributed by atoms with van der Waals surface area (Å²) in [4.78, 5) is 9.86. The van der Waals surface area contributed by atoms with Crippen LogP contribution in [0, 0.1) is 21.4 Å². The molecule has 6 heteroatoms. The Morgan fingerprint density at radius 3 is 2.81 bits per heavy atom. The molecule has 0 heterocycles. The molecule has 0 aromatic heterocycles. The first-order valence-electron chi connectivity index (χ1n) is 4.38. The molecule has 0 saturated heterocycles. The van der Waals surface area contributed by atoms with E-state index in [4.69, 9.17) is 11.0 Å². The number of nitro groups is 1. The summed E-state index contributed by atoms with van der Waals surface area (Å²) in [6, 6.07) is 4.16. The van der Waals surface area contributed by atoms with E-state index in [1.165, 1.54) is 18.2 Å². The lowest BCUT2D eigenvalue weighted by Gasteiger charge is -2.01. The summed E-state index contributed by atoms with van der Waals surface area (Å²) in [6.45, 7) is 0.240. The summed E-state index contributed by atoms with van der Waals surface area (Å²) in [6.07, 6.45) is 2.96. The Kier molecular flexibility index (Phi) is 3.58. The molecule has 1 aromatic carbocycles. The van der Waals surface area contributed by atoms with Crippen LogP contribution >= 0.6 is 0 Å². The zero-order valence-corrected chi connectivity index (χ0v) is 8.25. The maximum absolute atomic E-state index is 10.6. The third kappa shape index (κ3) is 2.34. The molecule has 0 radical (unpaired) electrons. The molecule has 82 valence electrons. The molecular weight excluding hydrogens is 210 g/mol. The number of phenolic OH excluding ortho intramolecular Hbond substituents is 1. The lowest BCUT2D eigenvalue weighted by atomic mass is 10.1. The molecule has 0 unspecified atom stereocenters. The summed E-state index contributed by atoms with van der Waals surface area (Å²) in [5.41, 5.74) is 5.05. The fraction of sp³-hybridized carbons (Fsp3) is 0.100. The van der Waals surface area contributed by atoms with Gasteiger partial charge in [0.1, 0.15) is 0 Å². The fourth-order valence-electron chi connectivity index (χ4n) is 1.17. The van der Waals surface area contributed by atoms with E-state index in [-0.39, 0.29) is 17.7 Å². The standard InChI is InChI=1S/C10H9N3O3/c11-3-1-2-8-4-7(6-12)5-9(10(8)14)13(15)16/h1-2,4-5,14H,3,11H2. The number of rotatable bonds is 3. The minimum atomic E-state index is -0.740. The zero-order chi connectivity index (χ0) is 12.1. The van der Waals surface area contributed by atoms with Gasteiger partial charge in [0.25, 0.3) is 0 Å². The van der Waals surface area contributed by atoms with Crippen molar-refractivity contribution in [3.05, 3.63) is 39.4 Å². The van der Waals surface area contributed by atoms with Crippen LogP contribution in [-0.4, -0.2) is 16.6 Å². The highest BCUT2D eigenvalue weighted by molar-refractivity contribution is 5.67. The third-order valence-corrected chi connectivity index (χ3v) is 1.88. The molecule has 0 bridgehead atoms. The van der Waals surface area contributed by atoms with E-state index in [1.54, 1.807) is 6.07 Å². The van der Waals surface area contributed by atoms with Crippen LogP contribution in [0.4, 0.5) is 5.69 Å². The second-order valence-corrected chi connectivity index (χ2v) is 2.94. The van der Waals surface area contributed by atoms with Crippen molar-refractivity contribution < 1.29 is 10.0 Å². The first-order valence-corrected chi connectivity index (χ1v) is 4.38. The molecule has 0 aliphatic heterocycles. The predicted octanol–water partition coefficient (Wildman–Crippen LogP) is 1.14. The molecule has 16 heavy (non-hydrogen) atoms. The van der Waals surface area contributed by atoms with E-state index < -0.39 is 16.4 Å². The van der Waals surface area contributed by atoms with Crippen molar-refractivity contribution in [2.45, 2.75) is 0 Å². The van der Waals surface area contributed by atoms with Crippen molar-refractivity contribution in [2.24, 2.45) is 5.73 Å². The van der Waals surface area contributed by atoms with Crippen LogP contribution in [0.25, 0.3) is 6.08 Å². The van der Waals surface area contributed by atoms with E-state index >= 15 is 0 Å². The van der Waals surface area contributed by atoms with Crippen LogP contribution in [-0.2, 0) is 0 Å². The predicted molar refractivity (Wildman–Crippen MR) is 57.6 cm³/mol. The minimum absolute atomic E-state index is 0.112. The van der Waals surface area contributed by atoms with Gasteiger partial charge in [-0.25, -0.2) is 0 Å². The van der Waals surface area contributed by atoms with Gasteiger partial charge < -0.3 is 10.8 Å². The first-order chi connectivity index (χ1) is 7.60. The maximum Gasteiger partial charge on any atom is 0.312 e. The summed E-state index contributed by atoms with van der Waals surface area (Å²) in [5, 5.41) is 28.8. The van der Waals surface area contributed by atoms with Crippen molar-refractivity contribution >= 4 is 11.8 Å².